The molecular formula is C20H29ClFN3O4S. The van der Waals surface area contributed by atoms with Gasteiger partial charge in [0.15, 0.2) is 0 Å². The minimum Gasteiger partial charge on any atom is -0.379 e. The fourth-order valence-corrected chi connectivity index (χ4v) is 5.74. The second kappa shape index (κ2) is 10.9. The average Bonchev–Trinajstić information content (AvgIpc) is 2.75. The third-order valence-electron chi connectivity index (χ3n) is 5.66. The molecule has 1 N–H and O–H groups in total. The molecule has 7 nitrogen and oxygen atoms in total. The molecular weight excluding hydrogens is 433 g/mol. The van der Waals surface area contributed by atoms with Gasteiger partial charge < -0.3 is 10.1 Å². The smallest absolute Gasteiger partial charge is 0.223 e. The van der Waals surface area contributed by atoms with Crippen molar-refractivity contribution < 1.29 is 22.3 Å². The predicted molar refractivity (Wildman–Crippen MR) is 113 cm³/mol. The third kappa shape index (κ3) is 6.37. The van der Waals surface area contributed by atoms with Gasteiger partial charge in [0, 0.05) is 49.2 Å². The molecule has 2 aliphatic rings. The van der Waals surface area contributed by atoms with Gasteiger partial charge in [-0.05, 0) is 37.9 Å². The van der Waals surface area contributed by atoms with Crippen molar-refractivity contribution in [2.75, 3.05) is 52.5 Å². The predicted octanol–water partition coefficient (Wildman–Crippen LogP) is 1.86. The molecule has 168 valence electrons. The van der Waals surface area contributed by atoms with Crippen LogP contribution in [0.25, 0.3) is 0 Å². The van der Waals surface area contributed by atoms with Crippen molar-refractivity contribution in [3.8, 4) is 0 Å². The standard InChI is InChI=1S/C20H29ClFN3O4S/c21-18-3-1-4-19(22)17(18)15-30(27,28)25-9-5-16(6-10-25)20(26)23-7-2-8-24-11-13-29-14-12-24/h1,3-4,16H,2,5-15H2,(H,23,26). The van der Waals surface area contributed by atoms with Gasteiger partial charge in [-0.3, -0.25) is 9.69 Å². The number of hydrogen-bond acceptors (Lipinski definition) is 5. The SMILES string of the molecule is O=C(NCCCN1CCOCC1)C1CCN(S(=O)(=O)Cc2c(F)cccc2Cl)CC1. The Morgan fingerprint density at radius 2 is 1.90 bits per heavy atom. The molecule has 30 heavy (non-hydrogen) atoms. The van der Waals surface area contributed by atoms with Crippen molar-refractivity contribution in [2.24, 2.45) is 5.92 Å². The summed E-state index contributed by atoms with van der Waals surface area (Å²) in [6.07, 6.45) is 1.79. The van der Waals surface area contributed by atoms with Crippen LogP contribution in [0.5, 0.6) is 0 Å². The summed E-state index contributed by atoms with van der Waals surface area (Å²) in [7, 11) is -3.70. The molecule has 1 aromatic rings. The van der Waals surface area contributed by atoms with E-state index in [4.69, 9.17) is 16.3 Å². The molecule has 2 aliphatic heterocycles. The Morgan fingerprint density at radius 3 is 2.57 bits per heavy atom. The number of sulfonamides is 1. The van der Waals surface area contributed by atoms with E-state index in [1.807, 2.05) is 0 Å². The summed E-state index contributed by atoms with van der Waals surface area (Å²) in [5, 5.41) is 3.07. The molecule has 0 aromatic heterocycles. The van der Waals surface area contributed by atoms with Gasteiger partial charge in [0.2, 0.25) is 15.9 Å². The van der Waals surface area contributed by atoms with Gasteiger partial charge in [0.1, 0.15) is 5.82 Å². The minimum atomic E-state index is -3.70. The number of hydrogen-bond donors (Lipinski definition) is 1. The molecule has 0 atom stereocenters. The van der Waals surface area contributed by atoms with Crippen molar-refractivity contribution in [1.29, 1.82) is 0 Å². The maximum atomic E-state index is 14.0. The van der Waals surface area contributed by atoms with E-state index in [-0.39, 0.29) is 35.5 Å². The number of morpholine rings is 1. The van der Waals surface area contributed by atoms with Crippen molar-refractivity contribution >= 4 is 27.5 Å². The Morgan fingerprint density at radius 1 is 1.20 bits per heavy atom. The number of piperidine rings is 1. The quantitative estimate of drug-likeness (QED) is 0.598. The molecule has 0 spiro atoms. The zero-order valence-electron chi connectivity index (χ0n) is 17.0. The molecule has 2 fully saturated rings. The lowest BCUT2D eigenvalue weighted by Crippen LogP contribution is -2.44. The fourth-order valence-electron chi connectivity index (χ4n) is 3.82. The fraction of sp³-hybridized carbons (Fsp3) is 0.650. The molecule has 10 heteroatoms. The molecule has 1 amide bonds. The van der Waals surface area contributed by atoms with Gasteiger partial charge in [0.25, 0.3) is 0 Å². The zero-order chi connectivity index (χ0) is 21.6. The first-order valence-corrected chi connectivity index (χ1v) is 12.3. The van der Waals surface area contributed by atoms with E-state index in [2.05, 4.69) is 10.2 Å². The van der Waals surface area contributed by atoms with Gasteiger partial charge in [-0.25, -0.2) is 17.1 Å². The van der Waals surface area contributed by atoms with Gasteiger partial charge >= 0.3 is 0 Å². The third-order valence-corrected chi connectivity index (χ3v) is 7.82. The van der Waals surface area contributed by atoms with Crippen LogP contribution in [0.4, 0.5) is 4.39 Å². The van der Waals surface area contributed by atoms with E-state index in [0.29, 0.717) is 19.4 Å². The molecule has 2 heterocycles. The Bertz CT molecular complexity index is 805. The number of nitrogens with zero attached hydrogens (tertiary/aromatic N) is 2. The first-order chi connectivity index (χ1) is 14.4. The monoisotopic (exact) mass is 461 g/mol. The summed E-state index contributed by atoms with van der Waals surface area (Å²) in [6, 6.07) is 4.12. The summed E-state index contributed by atoms with van der Waals surface area (Å²) in [5.41, 5.74) is -0.0145. The number of nitrogens with one attached hydrogen (secondary N) is 1. The van der Waals surface area contributed by atoms with Crippen LogP contribution < -0.4 is 5.32 Å². The van der Waals surface area contributed by atoms with E-state index < -0.39 is 21.6 Å². The van der Waals surface area contributed by atoms with Crippen molar-refractivity contribution in [3.63, 3.8) is 0 Å². The van der Waals surface area contributed by atoms with Gasteiger partial charge in [-0.1, -0.05) is 17.7 Å². The summed E-state index contributed by atoms with van der Waals surface area (Å²) in [4.78, 5) is 14.7. The summed E-state index contributed by atoms with van der Waals surface area (Å²) in [6.45, 7) is 5.42. The van der Waals surface area contributed by atoms with Crippen LogP contribution >= 0.6 is 11.6 Å². The molecule has 0 unspecified atom stereocenters. The summed E-state index contributed by atoms with van der Waals surface area (Å²) >= 11 is 5.96. The molecule has 1 aromatic carbocycles. The second-order valence-electron chi connectivity index (χ2n) is 7.73. The van der Waals surface area contributed by atoms with E-state index >= 15 is 0 Å². The zero-order valence-corrected chi connectivity index (χ0v) is 18.6. The molecule has 0 radical (unpaired) electrons. The van der Waals surface area contributed by atoms with E-state index in [9.17, 15) is 17.6 Å². The largest absolute Gasteiger partial charge is 0.379 e. The summed E-state index contributed by atoms with van der Waals surface area (Å²) < 4.78 is 46.0. The van der Waals surface area contributed by atoms with Crippen LogP contribution in [0, 0.1) is 11.7 Å². The van der Waals surface area contributed by atoms with Crippen LogP contribution in [0.3, 0.4) is 0 Å². The Labute approximate surface area is 182 Å². The van der Waals surface area contributed by atoms with Crippen LogP contribution in [0.15, 0.2) is 18.2 Å². The van der Waals surface area contributed by atoms with Crippen LogP contribution in [0.1, 0.15) is 24.8 Å². The highest BCUT2D eigenvalue weighted by atomic mass is 35.5. The molecule has 3 rings (SSSR count). The van der Waals surface area contributed by atoms with E-state index in [1.165, 1.54) is 22.5 Å². The van der Waals surface area contributed by atoms with Gasteiger partial charge in [-0.2, -0.15) is 0 Å². The Balaban J connectivity index is 1.41. The average molecular weight is 462 g/mol. The minimum absolute atomic E-state index is 0.0145. The molecule has 2 saturated heterocycles. The lowest BCUT2D eigenvalue weighted by atomic mass is 9.97. The number of carbonyl (C=O) groups excluding carboxylic acids is 1. The molecule has 0 saturated carbocycles. The highest BCUT2D eigenvalue weighted by molar-refractivity contribution is 7.88. The highest BCUT2D eigenvalue weighted by Crippen LogP contribution is 2.26. The van der Waals surface area contributed by atoms with E-state index in [0.717, 1.165) is 39.3 Å². The Kier molecular flexibility index (Phi) is 8.47. The lowest BCUT2D eigenvalue weighted by Gasteiger charge is -2.31. The first kappa shape index (κ1) is 23.4. The topological polar surface area (TPSA) is 79.0 Å². The van der Waals surface area contributed by atoms with Crippen LogP contribution in [0.2, 0.25) is 5.02 Å². The molecule has 0 aliphatic carbocycles. The van der Waals surface area contributed by atoms with Crippen molar-refractivity contribution in [2.45, 2.75) is 25.0 Å². The number of rotatable bonds is 8. The highest BCUT2D eigenvalue weighted by Gasteiger charge is 2.32. The summed E-state index contributed by atoms with van der Waals surface area (Å²) in [5.74, 6) is -1.32. The van der Waals surface area contributed by atoms with Crippen molar-refractivity contribution in [1.82, 2.24) is 14.5 Å². The van der Waals surface area contributed by atoms with Gasteiger partial charge in [-0.15, -0.1) is 0 Å². The normalized spacial score (nSPS) is 19.7. The number of benzene rings is 1. The van der Waals surface area contributed by atoms with Crippen molar-refractivity contribution in [3.05, 3.63) is 34.6 Å². The van der Waals surface area contributed by atoms with Crippen LogP contribution in [-0.4, -0.2) is 76.0 Å². The Hall–Kier alpha value is -1.26. The maximum Gasteiger partial charge on any atom is 0.223 e. The maximum absolute atomic E-state index is 14.0. The van der Waals surface area contributed by atoms with E-state index in [1.54, 1.807) is 0 Å². The second-order valence-corrected chi connectivity index (χ2v) is 10.1. The number of ether oxygens (including phenoxy) is 1. The van der Waals surface area contributed by atoms with Gasteiger partial charge in [0.05, 0.1) is 19.0 Å². The molecule has 0 bridgehead atoms. The number of carbonyl (C=O) groups is 1. The lowest BCUT2D eigenvalue weighted by molar-refractivity contribution is -0.126. The first-order valence-electron chi connectivity index (χ1n) is 10.4. The van der Waals surface area contributed by atoms with Crippen LogP contribution in [-0.2, 0) is 25.3 Å². The number of amides is 1. The number of halogens is 2.